The van der Waals surface area contributed by atoms with Gasteiger partial charge in [-0.3, -0.25) is 4.79 Å². The number of likely N-dealkylation sites (tertiary alicyclic amines) is 1. The summed E-state index contributed by atoms with van der Waals surface area (Å²) in [5.74, 6) is 0.692. The van der Waals surface area contributed by atoms with Crippen LogP contribution in [0.1, 0.15) is 50.4 Å². The molecule has 3 nitrogen and oxygen atoms in total. The Kier molecular flexibility index (Phi) is 5.17. The lowest BCUT2D eigenvalue weighted by Crippen LogP contribution is -2.32. The SMILES string of the molecule is CC(C)(C)C1CCCN(C(=O)c2cc(I)ccc2O)CC1. The Morgan fingerprint density at radius 3 is 2.67 bits per heavy atom. The van der Waals surface area contributed by atoms with Crippen LogP contribution in [0.4, 0.5) is 0 Å². The van der Waals surface area contributed by atoms with Gasteiger partial charge in [-0.1, -0.05) is 20.8 Å². The molecule has 0 bridgehead atoms. The number of rotatable bonds is 1. The number of amides is 1. The Labute approximate surface area is 140 Å². The van der Waals surface area contributed by atoms with Crippen molar-refractivity contribution < 1.29 is 9.90 Å². The van der Waals surface area contributed by atoms with Crippen molar-refractivity contribution >= 4 is 28.5 Å². The van der Waals surface area contributed by atoms with Gasteiger partial charge in [-0.15, -0.1) is 0 Å². The highest BCUT2D eigenvalue weighted by molar-refractivity contribution is 14.1. The first kappa shape index (κ1) is 16.6. The third-order valence-electron chi connectivity index (χ3n) is 4.43. The van der Waals surface area contributed by atoms with E-state index in [9.17, 15) is 9.90 Å². The van der Waals surface area contributed by atoms with Gasteiger partial charge in [0.05, 0.1) is 5.56 Å². The van der Waals surface area contributed by atoms with Crippen LogP contribution in [0.25, 0.3) is 0 Å². The summed E-state index contributed by atoms with van der Waals surface area (Å²) < 4.78 is 0.969. The largest absolute Gasteiger partial charge is 0.507 e. The summed E-state index contributed by atoms with van der Waals surface area (Å²) in [6.45, 7) is 8.41. The molecule has 4 heteroatoms. The molecule has 1 aliphatic heterocycles. The number of hydrogen-bond donors (Lipinski definition) is 1. The fourth-order valence-corrected chi connectivity index (χ4v) is 3.51. The van der Waals surface area contributed by atoms with Crippen molar-refractivity contribution in [3.63, 3.8) is 0 Å². The molecule has 1 fully saturated rings. The Morgan fingerprint density at radius 1 is 1.29 bits per heavy atom. The molecule has 1 N–H and O–H groups in total. The summed E-state index contributed by atoms with van der Waals surface area (Å²) in [6, 6.07) is 5.18. The second-order valence-corrected chi connectivity index (χ2v) is 8.19. The number of benzene rings is 1. The lowest BCUT2D eigenvalue weighted by molar-refractivity contribution is 0.0752. The molecule has 1 aromatic rings. The van der Waals surface area contributed by atoms with E-state index in [1.165, 1.54) is 6.42 Å². The number of phenols is 1. The van der Waals surface area contributed by atoms with Crippen LogP contribution in [0.2, 0.25) is 0 Å². The Bertz CT molecular complexity index is 522. The van der Waals surface area contributed by atoms with Gasteiger partial charge in [-0.25, -0.2) is 0 Å². The fourth-order valence-electron chi connectivity index (χ4n) is 3.02. The van der Waals surface area contributed by atoms with Crippen LogP contribution in [-0.2, 0) is 0 Å². The van der Waals surface area contributed by atoms with Crippen LogP contribution in [-0.4, -0.2) is 29.0 Å². The van der Waals surface area contributed by atoms with Crippen LogP contribution in [0.5, 0.6) is 5.75 Å². The highest BCUT2D eigenvalue weighted by Crippen LogP contribution is 2.34. The highest BCUT2D eigenvalue weighted by atomic mass is 127. The molecule has 1 aliphatic rings. The smallest absolute Gasteiger partial charge is 0.257 e. The quantitative estimate of drug-likeness (QED) is 0.714. The van der Waals surface area contributed by atoms with Crippen LogP contribution in [0.3, 0.4) is 0 Å². The van der Waals surface area contributed by atoms with Crippen molar-refractivity contribution in [2.45, 2.75) is 40.0 Å². The number of carbonyl (C=O) groups excluding carboxylic acids is 1. The molecule has 1 heterocycles. The lowest BCUT2D eigenvalue weighted by Gasteiger charge is -2.29. The van der Waals surface area contributed by atoms with Gasteiger partial charge in [0.1, 0.15) is 5.75 Å². The van der Waals surface area contributed by atoms with Gasteiger partial charge < -0.3 is 10.0 Å². The summed E-state index contributed by atoms with van der Waals surface area (Å²) in [6.07, 6.45) is 3.25. The van der Waals surface area contributed by atoms with Gasteiger partial charge >= 0.3 is 0 Å². The predicted octanol–water partition coefficient (Wildman–Crippen LogP) is 4.29. The number of hydrogen-bond acceptors (Lipinski definition) is 2. The zero-order valence-corrected chi connectivity index (χ0v) is 15.2. The lowest BCUT2D eigenvalue weighted by atomic mass is 9.77. The molecule has 116 valence electrons. The van der Waals surface area contributed by atoms with Crippen molar-refractivity contribution in [1.82, 2.24) is 4.90 Å². The summed E-state index contributed by atoms with van der Waals surface area (Å²) in [7, 11) is 0. The van der Waals surface area contributed by atoms with Crippen LogP contribution >= 0.6 is 22.6 Å². The molecule has 0 spiro atoms. The van der Waals surface area contributed by atoms with Crippen LogP contribution in [0.15, 0.2) is 18.2 Å². The molecule has 0 aromatic heterocycles. The van der Waals surface area contributed by atoms with Crippen LogP contribution in [0, 0.1) is 14.9 Å². The van der Waals surface area contributed by atoms with E-state index in [-0.39, 0.29) is 11.7 Å². The maximum Gasteiger partial charge on any atom is 0.257 e. The molecule has 0 saturated carbocycles. The van der Waals surface area contributed by atoms with Gasteiger partial charge in [0, 0.05) is 16.7 Å². The second kappa shape index (κ2) is 6.55. The summed E-state index contributed by atoms with van der Waals surface area (Å²) in [4.78, 5) is 14.5. The maximum atomic E-state index is 12.6. The topological polar surface area (TPSA) is 40.5 Å². The third-order valence-corrected chi connectivity index (χ3v) is 5.10. The standard InChI is InChI=1S/C17H24INO2/c1-17(2,3)12-5-4-9-19(10-8-12)16(21)14-11-13(18)6-7-15(14)20/h6-7,11-12,20H,4-5,8-10H2,1-3H3. The summed E-state index contributed by atoms with van der Waals surface area (Å²) >= 11 is 2.17. The number of aromatic hydroxyl groups is 1. The molecule has 1 atom stereocenters. The molecule has 21 heavy (non-hydrogen) atoms. The summed E-state index contributed by atoms with van der Waals surface area (Å²) in [5, 5.41) is 9.94. The first-order valence-corrected chi connectivity index (χ1v) is 8.64. The molecular weight excluding hydrogens is 377 g/mol. The van der Waals surface area contributed by atoms with Gasteiger partial charge in [-0.2, -0.15) is 0 Å². The van der Waals surface area contributed by atoms with Gasteiger partial charge in [-0.05, 0) is 71.4 Å². The molecule has 1 amide bonds. The minimum atomic E-state index is -0.0411. The van der Waals surface area contributed by atoms with E-state index in [0.29, 0.717) is 16.9 Å². The first-order chi connectivity index (χ1) is 9.79. The number of carbonyl (C=O) groups is 1. The molecule has 1 aromatic carbocycles. The Hall–Kier alpha value is -0.780. The van der Waals surface area contributed by atoms with Crippen LogP contribution < -0.4 is 0 Å². The van der Waals surface area contributed by atoms with Crippen molar-refractivity contribution in [3.8, 4) is 5.75 Å². The number of halogens is 1. The van der Waals surface area contributed by atoms with Gasteiger partial charge in [0.15, 0.2) is 0 Å². The van der Waals surface area contributed by atoms with E-state index in [1.54, 1.807) is 12.1 Å². The van der Waals surface area contributed by atoms with Crippen molar-refractivity contribution in [2.75, 3.05) is 13.1 Å². The maximum absolute atomic E-state index is 12.6. The molecule has 1 saturated heterocycles. The van der Waals surface area contributed by atoms with Crippen molar-refractivity contribution in [1.29, 1.82) is 0 Å². The summed E-state index contributed by atoms with van der Waals surface area (Å²) in [5.41, 5.74) is 0.722. The van der Waals surface area contributed by atoms with E-state index in [4.69, 9.17) is 0 Å². The van der Waals surface area contributed by atoms with E-state index < -0.39 is 0 Å². The number of phenolic OH excluding ortho intramolecular Hbond substituents is 1. The highest BCUT2D eigenvalue weighted by Gasteiger charge is 2.29. The average molecular weight is 401 g/mol. The minimum Gasteiger partial charge on any atom is -0.507 e. The fraction of sp³-hybridized carbons (Fsp3) is 0.588. The number of nitrogens with zero attached hydrogens (tertiary/aromatic N) is 1. The zero-order valence-electron chi connectivity index (χ0n) is 13.0. The van der Waals surface area contributed by atoms with E-state index >= 15 is 0 Å². The molecule has 1 unspecified atom stereocenters. The van der Waals surface area contributed by atoms with E-state index in [2.05, 4.69) is 43.4 Å². The molecule has 0 radical (unpaired) electrons. The monoisotopic (exact) mass is 401 g/mol. The first-order valence-electron chi connectivity index (χ1n) is 7.57. The van der Waals surface area contributed by atoms with E-state index in [0.717, 1.165) is 29.5 Å². The Morgan fingerprint density at radius 2 is 2.00 bits per heavy atom. The van der Waals surface area contributed by atoms with Crippen molar-refractivity contribution in [2.24, 2.45) is 11.3 Å². The molecule has 0 aliphatic carbocycles. The van der Waals surface area contributed by atoms with E-state index in [1.807, 2.05) is 11.0 Å². The normalized spacial score (nSPS) is 20.2. The third kappa shape index (κ3) is 4.11. The molecule has 2 rings (SSSR count). The van der Waals surface area contributed by atoms with Gasteiger partial charge in [0.25, 0.3) is 5.91 Å². The Balaban J connectivity index is 2.12. The predicted molar refractivity (Wildman–Crippen MR) is 93.5 cm³/mol. The van der Waals surface area contributed by atoms with Crippen molar-refractivity contribution in [3.05, 3.63) is 27.3 Å². The second-order valence-electron chi connectivity index (χ2n) is 6.95. The average Bonchev–Trinajstić information content (AvgIpc) is 2.66. The minimum absolute atomic E-state index is 0.0411. The zero-order chi connectivity index (χ0) is 15.6. The van der Waals surface area contributed by atoms with Gasteiger partial charge in [0.2, 0.25) is 0 Å². The molecular formula is C17H24INO2.